The van der Waals surface area contributed by atoms with Crippen LogP contribution in [0, 0.1) is 17.8 Å². The lowest BCUT2D eigenvalue weighted by atomic mass is 9.53. The van der Waals surface area contributed by atoms with Gasteiger partial charge >= 0.3 is 0 Å². The highest BCUT2D eigenvalue weighted by atomic mass is 35.5. The molecule has 24 heavy (non-hydrogen) atoms. The van der Waals surface area contributed by atoms with Gasteiger partial charge in [0.1, 0.15) is 0 Å². The Morgan fingerprint density at radius 2 is 1.75 bits per heavy atom. The van der Waals surface area contributed by atoms with Crippen molar-refractivity contribution in [2.24, 2.45) is 17.8 Å². The Labute approximate surface area is 147 Å². The molecule has 0 amide bonds. The first kappa shape index (κ1) is 14.9. The zero-order valence-corrected chi connectivity index (χ0v) is 14.4. The van der Waals surface area contributed by atoms with Crippen LogP contribution in [0.25, 0.3) is 11.5 Å². The monoisotopic (exact) mass is 343 g/mol. The highest BCUT2D eigenvalue weighted by Crippen LogP contribution is 2.55. The second-order valence-corrected chi connectivity index (χ2v) is 8.45. The van der Waals surface area contributed by atoms with Crippen LogP contribution in [0.2, 0.25) is 5.02 Å². The Morgan fingerprint density at radius 3 is 2.42 bits per heavy atom. The zero-order chi connectivity index (χ0) is 16.1. The van der Waals surface area contributed by atoms with E-state index in [4.69, 9.17) is 16.1 Å². The van der Waals surface area contributed by atoms with Crippen molar-refractivity contribution < 1.29 is 4.52 Å². The van der Waals surface area contributed by atoms with Gasteiger partial charge in [-0.1, -0.05) is 28.9 Å². The third-order valence-corrected chi connectivity index (χ3v) is 6.56. The van der Waals surface area contributed by atoms with Gasteiger partial charge < -0.3 is 9.84 Å². The minimum atomic E-state index is 0.319. The molecule has 4 aliphatic carbocycles. The molecule has 126 valence electrons. The summed E-state index contributed by atoms with van der Waals surface area (Å²) in [6.45, 7) is 0.681. The van der Waals surface area contributed by atoms with Crippen LogP contribution in [0.5, 0.6) is 0 Å². The summed E-state index contributed by atoms with van der Waals surface area (Å²) < 4.78 is 5.42. The first-order valence-corrected chi connectivity index (χ1v) is 9.39. The molecule has 0 unspecified atom stereocenters. The topological polar surface area (TPSA) is 51.0 Å². The maximum Gasteiger partial charge on any atom is 0.259 e. The Balaban J connectivity index is 1.30. The third kappa shape index (κ3) is 2.56. The molecule has 6 rings (SSSR count). The van der Waals surface area contributed by atoms with Crippen molar-refractivity contribution in [3.05, 3.63) is 35.1 Å². The Hall–Kier alpha value is -1.39. The molecule has 4 fully saturated rings. The van der Waals surface area contributed by atoms with E-state index in [1.165, 1.54) is 38.5 Å². The van der Waals surface area contributed by atoms with Gasteiger partial charge in [-0.2, -0.15) is 4.98 Å². The van der Waals surface area contributed by atoms with Gasteiger partial charge in [-0.05, 0) is 68.4 Å². The second-order valence-electron chi connectivity index (χ2n) is 8.05. The number of aromatic nitrogens is 2. The van der Waals surface area contributed by atoms with Crippen molar-refractivity contribution in [1.82, 2.24) is 15.5 Å². The molecule has 0 radical (unpaired) electrons. The molecule has 0 saturated heterocycles. The van der Waals surface area contributed by atoms with Gasteiger partial charge in [-0.25, -0.2) is 0 Å². The highest BCUT2D eigenvalue weighted by Gasteiger charge is 2.50. The van der Waals surface area contributed by atoms with E-state index in [2.05, 4.69) is 15.5 Å². The van der Waals surface area contributed by atoms with Crippen molar-refractivity contribution in [3.63, 3.8) is 0 Å². The number of nitrogens with one attached hydrogen (secondary N) is 1. The number of hydrogen-bond donors (Lipinski definition) is 1. The maximum atomic E-state index is 6.21. The average molecular weight is 344 g/mol. The molecule has 1 aromatic carbocycles. The lowest BCUT2D eigenvalue weighted by molar-refractivity contribution is -0.0209. The van der Waals surface area contributed by atoms with E-state index in [0.717, 1.165) is 29.1 Å². The SMILES string of the molecule is Clc1ccccc1-c1nc(CNC23CC4CC(CC(C4)C2)C3)no1. The molecule has 1 aromatic heterocycles. The summed E-state index contributed by atoms with van der Waals surface area (Å²) in [5.41, 5.74) is 1.12. The number of hydrogen-bond acceptors (Lipinski definition) is 4. The maximum absolute atomic E-state index is 6.21. The van der Waals surface area contributed by atoms with Gasteiger partial charge in [0.2, 0.25) is 0 Å². The van der Waals surface area contributed by atoms with Crippen LogP contribution in [0.4, 0.5) is 0 Å². The van der Waals surface area contributed by atoms with E-state index < -0.39 is 0 Å². The predicted octanol–water partition coefficient (Wildman–Crippen LogP) is 4.45. The quantitative estimate of drug-likeness (QED) is 0.891. The molecular formula is C19H22ClN3O. The first-order chi connectivity index (χ1) is 11.7. The first-order valence-electron chi connectivity index (χ1n) is 9.02. The number of nitrogens with zero attached hydrogens (tertiary/aromatic N) is 2. The van der Waals surface area contributed by atoms with Crippen molar-refractivity contribution in [3.8, 4) is 11.5 Å². The van der Waals surface area contributed by atoms with E-state index in [0.29, 0.717) is 23.0 Å². The molecule has 4 bridgehead atoms. The van der Waals surface area contributed by atoms with Crippen LogP contribution in [-0.2, 0) is 6.54 Å². The Morgan fingerprint density at radius 1 is 1.08 bits per heavy atom. The van der Waals surface area contributed by atoms with Crippen molar-refractivity contribution in [1.29, 1.82) is 0 Å². The number of halogens is 1. The van der Waals surface area contributed by atoms with E-state index in [9.17, 15) is 0 Å². The molecule has 5 heteroatoms. The predicted molar refractivity (Wildman–Crippen MR) is 92.5 cm³/mol. The van der Waals surface area contributed by atoms with Gasteiger partial charge in [-0.3, -0.25) is 0 Å². The lowest BCUT2D eigenvalue weighted by Crippen LogP contribution is -2.58. The number of benzene rings is 1. The fourth-order valence-electron chi connectivity index (χ4n) is 5.66. The molecule has 1 N–H and O–H groups in total. The molecule has 2 aromatic rings. The molecule has 1 heterocycles. The summed E-state index contributed by atoms with van der Waals surface area (Å²) in [6.07, 6.45) is 8.36. The molecular weight excluding hydrogens is 322 g/mol. The lowest BCUT2D eigenvalue weighted by Gasteiger charge is -2.57. The van der Waals surface area contributed by atoms with Crippen LogP contribution in [0.15, 0.2) is 28.8 Å². The van der Waals surface area contributed by atoms with Crippen LogP contribution in [-0.4, -0.2) is 15.7 Å². The van der Waals surface area contributed by atoms with Crippen LogP contribution < -0.4 is 5.32 Å². The van der Waals surface area contributed by atoms with Gasteiger partial charge in [0.25, 0.3) is 5.89 Å². The van der Waals surface area contributed by atoms with E-state index >= 15 is 0 Å². The fraction of sp³-hybridized carbons (Fsp3) is 0.579. The fourth-order valence-corrected chi connectivity index (χ4v) is 5.88. The van der Waals surface area contributed by atoms with Gasteiger partial charge in [-0.15, -0.1) is 0 Å². The van der Waals surface area contributed by atoms with Gasteiger partial charge in [0.15, 0.2) is 5.82 Å². The highest BCUT2D eigenvalue weighted by molar-refractivity contribution is 6.33. The zero-order valence-electron chi connectivity index (χ0n) is 13.7. The molecule has 0 spiro atoms. The summed E-state index contributed by atoms with van der Waals surface area (Å²) in [6, 6.07) is 7.58. The van der Waals surface area contributed by atoms with Crippen molar-refractivity contribution >= 4 is 11.6 Å². The summed E-state index contributed by atoms with van der Waals surface area (Å²) in [5.74, 6) is 4.04. The van der Waals surface area contributed by atoms with Crippen molar-refractivity contribution in [2.45, 2.75) is 50.6 Å². The molecule has 4 aliphatic rings. The summed E-state index contributed by atoms with van der Waals surface area (Å²) in [7, 11) is 0. The minimum absolute atomic E-state index is 0.319. The van der Waals surface area contributed by atoms with Crippen LogP contribution in [0.3, 0.4) is 0 Å². The Bertz CT molecular complexity index is 721. The van der Waals surface area contributed by atoms with Crippen LogP contribution >= 0.6 is 11.6 Å². The molecule has 0 aliphatic heterocycles. The standard InChI is InChI=1S/C19H22ClN3O/c20-16-4-2-1-3-15(16)18-22-17(23-24-18)11-21-19-8-12-5-13(9-19)7-14(6-12)10-19/h1-4,12-14,21H,5-11H2. The van der Waals surface area contributed by atoms with E-state index in [1.54, 1.807) is 0 Å². The van der Waals surface area contributed by atoms with Gasteiger partial charge in [0.05, 0.1) is 17.1 Å². The summed E-state index contributed by atoms with van der Waals surface area (Å²) in [4.78, 5) is 4.53. The summed E-state index contributed by atoms with van der Waals surface area (Å²) in [5, 5.41) is 8.59. The van der Waals surface area contributed by atoms with E-state index in [1.807, 2.05) is 24.3 Å². The molecule has 4 nitrogen and oxygen atoms in total. The molecule has 0 atom stereocenters. The number of rotatable bonds is 4. The minimum Gasteiger partial charge on any atom is -0.334 e. The average Bonchev–Trinajstić information content (AvgIpc) is 3.01. The second kappa shape index (κ2) is 5.57. The van der Waals surface area contributed by atoms with Gasteiger partial charge in [0, 0.05) is 5.54 Å². The Kier molecular flexibility index (Phi) is 3.46. The largest absolute Gasteiger partial charge is 0.334 e. The third-order valence-electron chi connectivity index (χ3n) is 6.23. The van der Waals surface area contributed by atoms with Crippen LogP contribution in [0.1, 0.15) is 44.3 Å². The molecule has 4 saturated carbocycles. The normalized spacial score (nSPS) is 34.0. The van der Waals surface area contributed by atoms with E-state index in [-0.39, 0.29) is 0 Å². The van der Waals surface area contributed by atoms with Crippen molar-refractivity contribution in [2.75, 3.05) is 0 Å². The summed E-state index contributed by atoms with van der Waals surface area (Å²) >= 11 is 6.21. The smallest absolute Gasteiger partial charge is 0.259 e.